The zero-order valence-corrected chi connectivity index (χ0v) is 17.3. The minimum absolute atomic E-state index is 0.0399. The molecule has 1 aromatic heterocycles. The third-order valence-electron chi connectivity index (χ3n) is 4.72. The van der Waals surface area contributed by atoms with Crippen LogP contribution in [0.4, 0.5) is 13.6 Å². The molecule has 3 heterocycles. The molecule has 2 aromatic rings. The molecule has 0 aliphatic carbocycles. The number of alkyl halides is 2. The van der Waals surface area contributed by atoms with Gasteiger partial charge in [0.15, 0.2) is 17.5 Å². The van der Waals surface area contributed by atoms with Crippen molar-refractivity contribution in [3.05, 3.63) is 52.8 Å². The van der Waals surface area contributed by atoms with E-state index in [1.807, 2.05) is 0 Å². The number of hydrogen-bond acceptors (Lipinski definition) is 6. The van der Waals surface area contributed by atoms with Crippen LogP contribution in [0.25, 0.3) is 0 Å². The van der Waals surface area contributed by atoms with Crippen LogP contribution in [0.2, 0.25) is 5.02 Å². The number of urea groups is 1. The quantitative estimate of drug-likeness (QED) is 0.403. The van der Waals surface area contributed by atoms with Gasteiger partial charge in [0.1, 0.15) is 5.92 Å². The Hall–Kier alpha value is -4.04. The normalized spacial score (nSPS) is 20.5. The van der Waals surface area contributed by atoms with Crippen LogP contribution in [0.3, 0.4) is 0 Å². The lowest BCUT2D eigenvalue weighted by molar-refractivity contribution is -0.286. The van der Waals surface area contributed by atoms with E-state index in [0.717, 1.165) is 0 Å². The summed E-state index contributed by atoms with van der Waals surface area (Å²) in [5.74, 6) is 1.15. The fourth-order valence-electron chi connectivity index (χ4n) is 3.17. The summed E-state index contributed by atoms with van der Waals surface area (Å²) in [7, 11) is 0. The number of fused-ring (bicyclic) bond motifs is 1. The fourth-order valence-corrected chi connectivity index (χ4v) is 3.35. The summed E-state index contributed by atoms with van der Waals surface area (Å²) in [6, 6.07) is 2.56. The predicted octanol–water partition coefficient (Wildman–Crippen LogP) is 2.95. The Morgan fingerprint density at radius 2 is 1.97 bits per heavy atom. The molecule has 9 nitrogen and oxygen atoms in total. The van der Waals surface area contributed by atoms with E-state index in [1.54, 1.807) is 0 Å². The van der Waals surface area contributed by atoms with Crippen molar-refractivity contribution >= 4 is 35.2 Å². The molecule has 0 spiro atoms. The van der Waals surface area contributed by atoms with Crippen molar-refractivity contribution in [2.24, 2.45) is 10.9 Å². The highest BCUT2D eigenvalue weighted by molar-refractivity contribution is 6.30. The number of likely N-dealkylation sites (tertiary alicyclic amines) is 1. The molecule has 0 unspecified atom stereocenters. The SMILES string of the molecule is C/C(=N\C(=O)N1C(=O)[C@H](C#Cc2cncc(Cl)c2)[C@H]1C(=O)O)c1ccc2c(c1)OC(F)(F)O2. The number of imide groups is 1. The second-order valence-electron chi connectivity index (χ2n) is 6.94. The first-order valence-electron chi connectivity index (χ1n) is 9.23. The number of rotatable bonds is 2. The molecule has 1 aromatic carbocycles. The number of carboxylic acids is 1. The monoisotopic (exact) mass is 475 g/mol. The zero-order chi connectivity index (χ0) is 23.9. The van der Waals surface area contributed by atoms with Gasteiger partial charge in [-0.3, -0.25) is 9.78 Å². The smallest absolute Gasteiger partial charge is 0.480 e. The molecule has 1 fully saturated rings. The van der Waals surface area contributed by atoms with Crippen molar-refractivity contribution in [2.45, 2.75) is 19.3 Å². The zero-order valence-electron chi connectivity index (χ0n) is 16.6. The molecule has 0 bridgehead atoms. The van der Waals surface area contributed by atoms with Crippen molar-refractivity contribution in [3.63, 3.8) is 0 Å². The molecule has 0 radical (unpaired) electrons. The van der Waals surface area contributed by atoms with Crippen molar-refractivity contribution < 1.29 is 37.7 Å². The summed E-state index contributed by atoms with van der Waals surface area (Å²) < 4.78 is 35.0. The molecular weight excluding hydrogens is 464 g/mol. The van der Waals surface area contributed by atoms with E-state index in [0.29, 0.717) is 15.5 Å². The standard InChI is InChI=1S/C21H12ClF2N3O6/c1-10(12-3-5-15-16(7-12)33-21(23,24)32-15)26-20(31)27-17(19(29)30)14(18(27)28)4-2-11-6-13(22)9-25-8-11/h3,5-9,14,17H,1H3,(H,29,30)/b26-10+/t14-,17+/m1/s1. The minimum Gasteiger partial charge on any atom is -0.480 e. The number of carbonyl (C=O) groups excluding carboxylic acids is 2. The van der Waals surface area contributed by atoms with E-state index in [9.17, 15) is 28.3 Å². The summed E-state index contributed by atoms with van der Waals surface area (Å²) in [6.45, 7) is 1.39. The maximum atomic E-state index is 13.2. The van der Waals surface area contributed by atoms with Crippen LogP contribution < -0.4 is 9.47 Å². The van der Waals surface area contributed by atoms with Gasteiger partial charge >= 0.3 is 18.3 Å². The second kappa shape index (κ2) is 8.14. The molecule has 1 N–H and O–H groups in total. The number of hydrogen-bond donors (Lipinski definition) is 1. The summed E-state index contributed by atoms with van der Waals surface area (Å²) in [4.78, 5) is 44.7. The molecule has 4 rings (SSSR count). The summed E-state index contributed by atoms with van der Waals surface area (Å²) in [5, 5.41) is 9.80. The third kappa shape index (κ3) is 4.33. The number of aliphatic imine (C=N–C) groups is 1. The number of nitrogens with zero attached hydrogens (tertiary/aromatic N) is 3. The number of β-lactam (4-membered cyclic amide) rings is 1. The number of aromatic nitrogens is 1. The van der Waals surface area contributed by atoms with Crippen molar-refractivity contribution in [1.82, 2.24) is 9.88 Å². The van der Waals surface area contributed by atoms with Gasteiger partial charge in [0.05, 0.1) is 10.7 Å². The summed E-state index contributed by atoms with van der Waals surface area (Å²) in [6.07, 6.45) is -1.04. The first kappa shape index (κ1) is 22.2. The maximum absolute atomic E-state index is 13.2. The van der Waals surface area contributed by atoms with Gasteiger partial charge < -0.3 is 14.6 Å². The van der Waals surface area contributed by atoms with Gasteiger partial charge in [0, 0.05) is 18.0 Å². The highest BCUT2D eigenvalue weighted by Crippen LogP contribution is 2.41. The van der Waals surface area contributed by atoms with E-state index >= 15 is 0 Å². The number of halogens is 3. The van der Waals surface area contributed by atoms with Gasteiger partial charge in [-0.05, 0) is 36.8 Å². The minimum atomic E-state index is -3.81. The van der Waals surface area contributed by atoms with Crippen LogP contribution in [0.1, 0.15) is 18.1 Å². The second-order valence-corrected chi connectivity index (χ2v) is 7.38. The molecule has 33 heavy (non-hydrogen) atoms. The van der Waals surface area contributed by atoms with Crippen LogP contribution in [0, 0.1) is 17.8 Å². The molecule has 0 saturated carbocycles. The van der Waals surface area contributed by atoms with E-state index in [1.165, 1.54) is 43.6 Å². The lowest BCUT2D eigenvalue weighted by atomic mass is 9.88. The molecule has 2 atom stereocenters. The van der Waals surface area contributed by atoms with Gasteiger partial charge in [-0.15, -0.1) is 8.78 Å². The van der Waals surface area contributed by atoms with Crippen molar-refractivity contribution in [3.8, 4) is 23.3 Å². The van der Waals surface area contributed by atoms with E-state index in [4.69, 9.17) is 11.6 Å². The molecule has 2 aliphatic heterocycles. The summed E-state index contributed by atoms with van der Waals surface area (Å²) in [5.41, 5.74) is 0.637. The van der Waals surface area contributed by atoms with Crippen LogP contribution >= 0.6 is 11.6 Å². The van der Waals surface area contributed by atoms with Crippen LogP contribution in [0.5, 0.6) is 11.5 Å². The Labute approximate surface area is 189 Å². The molecule has 1 saturated heterocycles. The van der Waals surface area contributed by atoms with Crippen LogP contribution in [-0.2, 0) is 9.59 Å². The van der Waals surface area contributed by atoms with Crippen LogP contribution in [0.15, 0.2) is 41.7 Å². The van der Waals surface area contributed by atoms with Gasteiger partial charge in [-0.1, -0.05) is 23.4 Å². The van der Waals surface area contributed by atoms with E-state index in [2.05, 4.69) is 31.3 Å². The summed E-state index contributed by atoms with van der Waals surface area (Å²) >= 11 is 5.81. The number of amides is 3. The average Bonchev–Trinajstić information content (AvgIpc) is 3.04. The first-order chi connectivity index (χ1) is 15.6. The Morgan fingerprint density at radius 3 is 2.67 bits per heavy atom. The molecule has 12 heteroatoms. The van der Waals surface area contributed by atoms with Gasteiger partial charge in [0.2, 0.25) is 5.91 Å². The van der Waals surface area contributed by atoms with Gasteiger partial charge in [0.25, 0.3) is 0 Å². The largest absolute Gasteiger partial charge is 0.586 e. The number of ether oxygens (including phenoxy) is 2. The number of benzene rings is 1. The lowest BCUT2D eigenvalue weighted by Crippen LogP contribution is -2.65. The average molecular weight is 476 g/mol. The number of aliphatic carboxylic acids is 1. The molecular formula is C21H12ClF2N3O6. The number of pyridine rings is 1. The number of carbonyl (C=O) groups is 3. The fraction of sp³-hybridized carbons (Fsp3) is 0.190. The molecule has 2 aliphatic rings. The Morgan fingerprint density at radius 1 is 1.24 bits per heavy atom. The molecule has 168 valence electrons. The molecule has 3 amide bonds. The van der Waals surface area contributed by atoms with Crippen molar-refractivity contribution in [1.29, 1.82) is 0 Å². The van der Waals surface area contributed by atoms with E-state index < -0.39 is 36.2 Å². The predicted molar refractivity (Wildman–Crippen MR) is 108 cm³/mol. The van der Waals surface area contributed by atoms with Crippen molar-refractivity contribution in [2.75, 3.05) is 0 Å². The first-order valence-corrected chi connectivity index (χ1v) is 9.61. The van der Waals surface area contributed by atoms with Crippen LogP contribution in [-0.4, -0.2) is 50.9 Å². The number of carboxylic acid groups (broad SMARTS) is 1. The Bertz CT molecular complexity index is 1290. The Kier molecular flexibility index (Phi) is 5.47. The van der Waals surface area contributed by atoms with Gasteiger partial charge in [-0.25, -0.2) is 14.5 Å². The lowest BCUT2D eigenvalue weighted by Gasteiger charge is -2.39. The topological polar surface area (TPSA) is 118 Å². The highest BCUT2D eigenvalue weighted by Gasteiger charge is 2.54. The Balaban J connectivity index is 1.53. The highest BCUT2D eigenvalue weighted by atomic mass is 35.5. The van der Waals surface area contributed by atoms with Gasteiger partial charge in [-0.2, -0.15) is 4.99 Å². The van der Waals surface area contributed by atoms with E-state index in [-0.39, 0.29) is 22.8 Å². The third-order valence-corrected chi connectivity index (χ3v) is 4.92. The maximum Gasteiger partial charge on any atom is 0.586 e.